The first-order chi connectivity index (χ1) is 7.61. The lowest BCUT2D eigenvalue weighted by Gasteiger charge is -1.92. The van der Waals surface area contributed by atoms with Crippen molar-refractivity contribution in [3.8, 4) is 11.5 Å². The Morgan fingerprint density at radius 1 is 1.25 bits per heavy atom. The first-order valence-electron chi connectivity index (χ1n) is 4.04. The van der Waals surface area contributed by atoms with E-state index in [1.54, 1.807) is 6.07 Å². The number of rotatable bonds is 3. The highest BCUT2D eigenvalue weighted by Gasteiger charge is 2.27. The fourth-order valence-corrected chi connectivity index (χ4v) is 1.49. The van der Waals surface area contributed by atoms with Crippen molar-refractivity contribution in [2.24, 2.45) is 0 Å². The zero-order valence-electron chi connectivity index (χ0n) is 7.57. The Morgan fingerprint density at radius 3 is 2.50 bits per heavy atom. The van der Waals surface area contributed by atoms with E-state index in [4.69, 9.17) is 32.1 Å². The van der Waals surface area contributed by atoms with Crippen molar-refractivity contribution in [1.29, 1.82) is 0 Å². The normalized spacial score (nSPS) is 10.4. The summed E-state index contributed by atoms with van der Waals surface area (Å²) in [6, 6.07) is 3.12. The summed E-state index contributed by atoms with van der Waals surface area (Å²) in [6.07, 6.45) is 1.38. The van der Waals surface area contributed by atoms with Crippen LogP contribution in [0.25, 0.3) is 11.5 Å². The van der Waals surface area contributed by atoms with E-state index in [-0.39, 0.29) is 22.8 Å². The number of carbonyl (C=O) groups excluding carboxylic acids is 2. The quantitative estimate of drug-likeness (QED) is 0.793. The van der Waals surface area contributed by atoms with Gasteiger partial charge in [0.15, 0.2) is 11.5 Å². The molecule has 2 aromatic heterocycles. The van der Waals surface area contributed by atoms with Crippen LogP contribution >= 0.6 is 23.2 Å². The van der Waals surface area contributed by atoms with Crippen LogP contribution in [0, 0.1) is 0 Å². The standard InChI is InChI=1S/C9H3Cl2NO4/c10-8(13)5-6(9(11)14)12-16-7(5)4-2-1-3-15-4/h1-3H. The van der Waals surface area contributed by atoms with Gasteiger partial charge in [-0.2, -0.15) is 0 Å². The van der Waals surface area contributed by atoms with Crippen LogP contribution in [0.15, 0.2) is 27.3 Å². The number of hydrogen-bond donors (Lipinski definition) is 0. The van der Waals surface area contributed by atoms with Gasteiger partial charge in [-0.25, -0.2) is 0 Å². The molecular weight excluding hydrogens is 257 g/mol. The van der Waals surface area contributed by atoms with Gasteiger partial charge in [0.05, 0.1) is 6.26 Å². The maximum absolute atomic E-state index is 11.2. The van der Waals surface area contributed by atoms with Crippen molar-refractivity contribution >= 4 is 33.7 Å². The number of furan rings is 1. The van der Waals surface area contributed by atoms with E-state index < -0.39 is 10.5 Å². The topological polar surface area (TPSA) is 73.3 Å². The van der Waals surface area contributed by atoms with E-state index in [9.17, 15) is 9.59 Å². The van der Waals surface area contributed by atoms with Crippen molar-refractivity contribution in [3.05, 3.63) is 29.7 Å². The maximum Gasteiger partial charge on any atom is 0.275 e. The van der Waals surface area contributed by atoms with E-state index >= 15 is 0 Å². The molecule has 0 saturated carbocycles. The number of nitrogens with zero attached hydrogens (tertiary/aromatic N) is 1. The molecule has 0 radical (unpaired) electrons. The van der Waals surface area contributed by atoms with Crippen molar-refractivity contribution in [3.63, 3.8) is 0 Å². The van der Waals surface area contributed by atoms with E-state index in [1.165, 1.54) is 12.3 Å². The van der Waals surface area contributed by atoms with Crippen LogP contribution in [0.2, 0.25) is 0 Å². The lowest BCUT2D eigenvalue weighted by molar-refractivity contribution is 0.104. The summed E-state index contributed by atoms with van der Waals surface area (Å²) >= 11 is 10.5. The predicted octanol–water partition coefficient (Wildman–Crippen LogP) is 2.69. The van der Waals surface area contributed by atoms with Gasteiger partial charge in [0.2, 0.25) is 5.76 Å². The second-order valence-electron chi connectivity index (χ2n) is 2.76. The minimum absolute atomic E-state index is 0.0194. The Bertz CT molecular complexity index is 544. The van der Waals surface area contributed by atoms with E-state index in [1.807, 2.05) is 0 Å². The molecule has 0 spiro atoms. The second-order valence-corrected chi connectivity index (χ2v) is 3.45. The monoisotopic (exact) mass is 259 g/mol. The molecule has 0 aliphatic carbocycles. The summed E-state index contributed by atoms with van der Waals surface area (Å²) in [5.41, 5.74) is -0.523. The number of carbonyl (C=O) groups is 2. The second kappa shape index (κ2) is 4.11. The fourth-order valence-electron chi connectivity index (χ4n) is 1.18. The first-order valence-corrected chi connectivity index (χ1v) is 4.80. The lowest BCUT2D eigenvalue weighted by atomic mass is 10.2. The van der Waals surface area contributed by atoms with Gasteiger partial charge in [-0.3, -0.25) is 9.59 Å². The van der Waals surface area contributed by atoms with E-state index in [0.717, 1.165) is 0 Å². The van der Waals surface area contributed by atoms with Crippen LogP contribution in [0.1, 0.15) is 20.8 Å². The molecule has 0 aliphatic rings. The highest BCUT2D eigenvalue weighted by atomic mass is 35.5. The molecule has 0 aromatic carbocycles. The molecule has 82 valence electrons. The Balaban J connectivity index is 2.64. The third-order valence-corrected chi connectivity index (χ3v) is 2.19. The number of hydrogen-bond acceptors (Lipinski definition) is 5. The molecule has 0 fully saturated rings. The van der Waals surface area contributed by atoms with Crippen molar-refractivity contribution < 1.29 is 18.5 Å². The molecule has 0 saturated heterocycles. The van der Waals surface area contributed by atoms with Crippen LogP contribution in [-0.4, -0.2) is 15.6 Å². The molecular formula is C9H3Cl2NO4. The first kappa shape index (κ1) is 10.9. The van der Waals surface area contributed by atoms with E-state index in [0.29, 0.717) is 0 Å². The number of halogens is 2. The van der Waals surface area contributed by atoms with Crippen molar-refractivity contribution in [1.82, 2.24) is 5.16 Å². The Morgan fingerprint density at radius 2 is 2.00 bits per heavy atom. The summed E-state index contributed by atoms with van der Waals surface area (Å²) in [5.74, 6) is 0.217. The third kappa shape index (κ3) is 1.75. The van der Waals surface area contributed by atoms with Gasteiger partial charge in [-0.05, 0) is 35.3 Å². The Labute approximate surface area is 98.9 Å². The minimum atomic E-state index is -0.925. The third-order valence-electron chi connectivity index (χ3n) is 1.82. The average molecular weight is 260 g/mol. The van der Waals surface area contributed by atoms with Crippen LogP contribution < -0.4 is 0 Å². The zero-order valence-corrected chi connectivity index (χ0v) is 9.08. The molecule has 16 heavy (non-hydrogen) atoms. The smallest absolute Gasteiger partial charge is 0.275 e. The molecule has 0 N–H and O–H groups in total. The van der Waals surface area contributed by atoms with Crippen LogP contribution in [0.3, 0.4) is 0 Å². The molecule has 0 atom stereocenters. The molecule has 2 aromatic rings. The van der Waals surface area contributed by atoms with Gasteiger partial charge in [-0.1, -0.05) is 5.16 Å². The summed E-state index contributed by atoms with van der Waals surface area (Å²) in [4.78, 5) is 22.1. The van der Waals surface area contributed by atoms with Gasteiger partial charge in [0, 0.05) is 0 Å². The minimum Gasteiger partial charge on any atom is -0.461 e. The number of aromatic nitrogens is 1. The summed E-state index contributed by atoms with van der Waals surface area (Å²) in [6.45, 7) is 0. The Hall–Kier alpha value is -1.59. The van der Waals surface area contributed by atoms with Gasteiger partial charge in [0.1, 0.15) is 5.56 Å². The fraction of sp³-hybridized carbons (Fsp3) is 0. The SMILES string of the molecule is O=C(Cl)c1noc(-c2ccco2)c1C(=O)Cl. The van der Waals surface area contributed by atoms with Crippen molar-refractivity contribution in [2.45, 2.75) is 0 Å². The Kier molecular flexibility index (Phi) is 2.80. The molecule has 0 amide bonds. The van der Waals surface area contributed by atoms with Crippen LogP contribution in [0.4, 0.5) is 0 Å². The van der Waals surface area contributed by atoms with Crippen LogP contribution in [0.5, 0.6) is 0 Å². The molecule has 2 heterocycles. The predicted molar refractivity (Wildman–Crippen MR) is 54.6 cm³/mol. The molecule has 5 nitrogen and oxygen atoms in total. The van der Waals surface area contributed by atoms with Gasteiger partial charge in [0.25, 0.3) is 10.5 Å². The molecule has 0 unspecified atom stereocenters. The van der Waals surface area contributed by atoms with Gasteiger partial charge >= 0.3 is 0 Å². The molecule has 0 aliphatic heterocycles. The highest BCUT2D eigenvalue weighted by Crippen LogP contribution is 2.28. The van der Waals surface area contributed by atoms with E-state index in [2.05, 4.69) is 5.16 Å². The van der Waals surface area contributed by atoms with Crippen LogP contribution in [-0.2, 0) is 0 Å². The molecule has 0 bridgehead atoms. The maximum atomic E-state index is 11.2. The van der Waals surface area contributed by atoms with Gasteiger partial charge in [-0.15, -0.1) is 0 Å². The summed E-state index contributed by atoms with van der Waals surface area (Å²) < 4.78 is 9.81. The van der Waals surface area contributed by atoms with Gasteiger partial charge < -0.3 is 8.94 Å². The molecule has 7 heteroatoms. The average Bonchev–Trinajstić information content (AvgIpc) is 2.85. The largest absolute Gasteiger partial charge is 0.461 e. The lowest BCUT2D eigenvalue weighted by Crippen LogP contribution is -1.99. The zero-order chi connectivity index (χ0) is 11.7. The molecule has 2 rings (SSSR count). The highest BCUT2D eigenvalue weighted by molar-refractivity contribution is 6.72. The van der Waals surface area contributed by atoms with Crippen molar-refractivity contribution in [2.75, 3.05) is 0 Å². The summed E-state index contributed by atoms with van der Waals surface area (Å²) in [7, 11) is 0. The summed E-state index contributed by atoms with van der Waals surface area (Å²) in [5, 5.41) is 1.55.